The second-order valence-electron chi connectivity index (χ2n) is 3.01. The quantitative estimate of drug-likeness (QED) is 0.378. The van der Waals surface area contributed by atoms with Crippen LogP contribution in [0.2, 0.25) is 0 Å². The molecule has 0 amide bonds. The SMILES string of the molecule is CCOCCNc1nc(Br)c(F)cc1[N+](=O)[O-]. The zero-order valence-corrected chi connectivity index (χ0v) is 10.7. The van der Waals surface area contributed by atoms with Crippen molar-refractivity contribution in [2.24, 2.45) is 0 Å². The first kappa shape index (κ1) is 13.8. The van der Waals surface area contributed by atoms with E-state index in [9.17, 15) is 14.5 Å². The molecule has 0 radical (unpaired) electrons. The second kappa shape index (κ2) is 6.45. The lowest BCUT2D eigenvalue weighted by Crippen LogP contribution is -2.12. The molecule has 17 heavy (non-hydrogen) atoms. The molecule has 8 heteroatoms. The maximum Gasteiger partial charge on any atom is 0.314 e. The molecule has 1 N–H and O–H groups in total. The summed E-state index contributed by atoms with van der Waals surface area (Å²) in [7, 11) is 0. The molecular weight excluding hydrogens is 297 g/mol. The van der Waals surface area contributed by atoms with Crippen molar-refractivity contribution in [2.75, 3.05) is 25.1 Å². The van der Waals surface area contributed by atoms with Crippen molar-refractivity contribution < 1.29 is 14.1 Å². The van der Waals surface area contributed by atoms with E-state index in [2.05, 4.69) is 26.2 Å². The van der Waals surface area contributed by atoms with Gasteiger partial charge in [-0.2, -0.15) is 0 Å². The Bertz CT molecular complexity index is 417. The van der Waals surface area contributed by atoms with Crippen molar-refractivity contribution in [3.05, 3.63) is 26.6 Å². The number of nitro groups is 1. The first-order valence-electron chi connectivity index (χ1n) is 4.88. The summed E-state index contributed by atoms with van der Waals surface area (Å²) in [6.07, 6.45) is 0. The predicted molar refractivity (Wildman–Crippen MR) is 63.5 cm³/mol. The van der Waals surface area contributed by atoms with Gasteiger partial charge in [-0.05, 0) is 22.9 Å². The Morgan fingerprint density at radius 3 is 3.00 bits per heavy atom. The normalized spacial score (nSPS) is 10.3. The number of hydrogen-bond donors (Lipinski definition) is 1. The summed E-state index contributed by atoms with van der Waals surface area (Å²) in [5.74, 6) is -0.755. The smallest absolute Gasteiger partial charge is 0.314 e. The third-order valence-corrected chi connectivity index (χ3v) is 2.41. The van der Waals surface area contributed by atoms with Gasteiger partial charge in [0.05, 0.1) is 17.6 Å². The van der Waals surface area contributed by atoms with Crippen LogP contribution in [-0.2, 0) is 4.74 Å². The molecule has 1 aromatic heterocycles. The van der Waals surface area contributed by atoms with Crippen molar-refractivity contribution in [1.29, 1.82) is 0 Å². The summed E-state index contributed by atoms with van der Waals surface area (Å²) in [5.41, 5.74) is -0.401. The minimum absolute atomic E-state index is 0.0166. The van der Waals surface area contributed by atoms with Crippen LogP contribution in [0.25, 0.3) is 0 Å². The van der Waals surface area contributed by atoms with Crippen LogP contribution in [-0.4, -0.2) is 29.7 Å². The Morgan fingerprint density at radius 1 is 1.71 bits per heavy atom. The molecule has 0 fully saturated rings. The van der Waals surface area contributed by atoms with Gasteiger partial charge in [-0.15, -0.1) is 0 Å². The molecule has 0 aromatic carbocycles. The maximum atomic E-state index is 13.1. The summed E-state index contributed by atoms with van der Waals surface area (Å²) < 4.78 is 18.1. The molecule has 1 rings (SSSR count). The van der Waals surface area contributed by atoms with Gasteiger partial charge in [0.2, 0.25) is 5.82 Å². The number of ether oxygens (including phenoxy) is 1. The monoisotopic (exact) mass is 307 g/mol. The third kappa shape index (κ3) is 3.90. The van der Waals surface area contributed by atoms with E-state index in [-0.39, 0.29) is 10.4 Å². The van der Waals surface area contributed by atoms with Crippen LogP contribution in [0, 0.1) is 15.9 Å². The standard InChI is InChI=1S/C9H11BrFN3O3/c1-2-17-4-3-12-9-7(14(15)16)5-6(11)8(10)13-9/h5H,2-4H2,1H3,(H,12,13). The molecule has 1 aromatic rings. The van der Waals surface area contributed by atoms with Gasteiger partial charge in [0.15, 0.2) is 5.82 Å². The first-order chi connectivity index (χ1) is 8.06. The molecular formula is C9H11BrFN3O3. The van der Waals surface area contributed by atoms with Gasteiger partial charge in [-0.1, -0.05) is 0 Å². The van der Waals surface area contributed by atoms with Gasteiger partial charge in [-0.3, -0.25) is 10.1 Å². The molecule has 0 saturated heterocycles. The van der Waals surface area contributed by atoms with Gasteiger partial charge < -0.3 is 10.1 Å². The number of halogens is 2. The number of rotatable bonds is 6. The highest BCUT2D eigenvalue weighted by molar-refractivity contribution is 9.10. The van der Waals surface area contributed by atoms with Crippen molar-refractivity contribution in [1.82, 2.24) is 4.98 Å². The number of anilines is 1. The number of nitrogens with zero attached hydrogens (tertiary/aromatic N) is 2. The Kier molecular flexibility index (Phi) is 5.23. The van der Waals surface area contributed by atoms with E-state index in [0.29, 0.717) is 19.8 Å². The zero-order chi connectivity index (χ0) is 12.8. The predicted octanol–water partition coefficient (Wildman–Crippen LogP) is 2.34. The summed E-state index contributed by atoms with van der Waals surface area (Å²) in [5, 5.41) is 13.4. The van der Waals surface area contributed by atoms with E-state index < -0.39 is 16.4 Å². The number of hydrogen-bond acceptors (Lipinski definition) is 5. The molecule has 0 aliphatic heterocycles. The second-order valence-corrected chi connectivity index (χ2v) is 3.76. The number of pyridine rings is 1. The highest BCUT2D eigenvalue weighted by Crippen LogP contribution is 2.26. The Labute approximate surface area is 105 Å². The molecule has 0 spiro atoms. The summed E-state index contributed by atoms with van der Waals surface area (Å²) >= 11 is 2.87. The largest absolute Gasteiger partial charge is 0.380 e. The lowest BCUT2D eigenvalue weighted by Gasteiger charge is -2.06. The molecule has 94 valence electrons. The first-order valence-corrected chi connectivity index (χ1v) is 5.67. The fraction of sp³-hybridized carbons (Fsp3) is 0.444. The van der Waals surface area contributed by atoms with E-state index in [1.807, 2.05) is 6.92 Å². The Morgan fingerprint density at radius 2 is 2.41 bits per heavy atom. The molecule has 0 unspecified atom stereocenters. The third-order valence-electron chi connectivity index (χ3n) is 1.85. The summed E-state index contributed by atoms with van der Waals surface area (Å²) in [6.45, 7) is 3.16. The fourth-order valence-corrected chi connectivity index (χ4v) is 1.40. The van der Waals surface area contributed by atoms with Gasteiger partial charge in [0.1, 0.15) is 4.60 Å². The molecule has 0 aliphatic carbocycles. The van der Waals surface area contributed by atoms with Crippen molar-refractivity contribution in [3.8, 4) is 0 Å². The van der Waals surface area contributed by atoms with Crippen LogP contribution < -0.4 is 5.32 Å². The van der Waals surface area contributed by atoms with Gasteiger partial charge in [0, 0.05) is 13.2 Å². The Balaban J connectivity index is 2.81. The highest BCUT2D eigenvalue weighted by Gasteiger charge is 2.18. The maximum absolute atomic E-state index is 13.1. The Hall–Kier alpha value is -1.28. The molecule has 0 bridgehead atoms. The van der Waals surface area contributed by atoms with Crippen LogP contribution >= 0.6 is 15.9 Å². The van der Waals surface area contributed by atoms with Crippen LogP contribution in [0.1, 0.15) is 6.92 Å². The molecule has 0 atom stereocenters. The lowest BCUT2D eigenvalue weighted by molar-refractivity contribution is -0.384. The van der Waals surface area contributed by atoms with E-state index in [4.69, 9.17) is 4.74 Å². The van der Waals surface area contributed by atoms with Gasteiger partial charge >= 0.3 is 5.69 Å². The number of nitrogens with one attached hydrogen (secondary N) is 1. The van der Waals surface area contributed by atoms with E-state index in [1.54, 1.807) is 0 Å². The molecule has 0 saturated carbocycles. The van der Waals surface area contributed by atoms with E-state index in [0.717, 1.165) is 6.07 Å². The highest BCUT2D eigenvalue weighted by atomic mass is 79.9. The van der Waals surface area contributed by atoms with Gasteiger partial charge in [-0.25, -0.2) is 9.37 Å². The average molecular weight is 308 g/mol. The van der Waals surface area contributed by atoms with Crippen LogP contribution in [0.4, 0.5) is 15.9 Å². The average Bonchev–Trinajstić information content (AvgIpc) is 2.28. The molecule has 6 nitrogen and oxygen atoms in total. The number of aromatic nitrogens is 1. The summed E-state index contributed by atoms with van der Waals surface area (Å²) in [4.78, 5) is 13.7. The van der Waals surface area contributed by atoms with Crippen molar-refractivity contribution in [2.45, 2.75) is 6.92 Å². The zero-order valence-electron chi connectivity index (χ0n) is 9.07. The lowest BCUT2D eigenvalue weighted by atomic mass is 10.4. The minimum Gasteiger partial charge on any atom is -0.380 e. The van der Waals surface area contributed by atoms with E-state index in [1.165, 1.54) is 0 Å². The summed E-state index contributed by atoms with van der Waals surface area (Å²) in [6, 6.07) is 0.820. The van der Waals surface area contributed by atoms with Crippen LogP contribution in [0.3, 0.4) is 0 Å². The van der Waals surface area contributed by atoms with E-state index >= 15 is 0 Å². The molecule has 1 heterocycles. The van der Waals surface area contributed by atoms with Crippen LogP contribution in [0.5, 0.6) is 0 Å². The van der Waals surface area contributed by atoms with Gasteiger partial charge in [0.25, 0.3) is 0 Å². The van der Waals surface area contributed by atoms with Crippen molar-refractivity contribution >= 4 is 27.4 Å². The van der Waals surface area contributed by atoms with Crippen molar-refractivity contribution in [3.63, 3.8) is 0 Å². The molecule has 0 aliphatic rings. The topological polar surface area (TPSA) is 77.3 Å². The fourth-order valence-electron chi connectivity index (χ4n) is 1.11. The van der Waals surface area contributed by atoms with Crippen LogP contribution in [0.15, 0.2) is 10.7 Å². The minimum atomic E-state index is -0.771.